The van der Waals surface area contributed by atoms with E-state index in [2.05, 4.69) is 5.32 Å². The molecule has 0 aliphatic rings. The lowest BCUT2D eigenvalue weighted by Crippen LogP contribution is -2.11. The maximum absolute atomic E-state index is 13.1. The van der Waals surface area contributed by atoms with E-state index in [4.69, 9.17) is 16.9 Å². The normalized spacial score (nSPS) is 9.21. The van der Waals surface area contributed by atoms with Crippen LogP contribution in [0.3, 0.4) is 0 Å². The van der Waals surface area contributed by atoms with Gasteiger partial charge in [-0.25, -0.2) is 4.39 Å². The zero-order valence-corrected chi connectivity index (χ0v) is 7.81. The maximum atomic E-state index is 13.1. The number of para-hydroxylation sites is 1. The van der Waals surface area contributed by atoms with Crippen molar-refractivity contribution in [2.45, 2.75) is 6.42 Å². The summed E-state index contributed by atoms with van der Waals surface area (Å²) in [5, 5.41) is 10.5. The van der Waals surface area contributed by atoms with Gasteiger partial charge in [-0.15, -0.1) is 0 Å². The molecule has 0 aromatic heterocycles. The molecule has 0 heterocycles. The predicted octanol–water partition coefficient (Wildman–Crippen LogP) is 2.33. The topological polar surface area (TPSA) is 52.9 Å². The molecule has 0 unspecified atom stereocenters. The van der Waals surface area contributed by atoms with Gasteiger partial charge in [0.05, 0.1) is 16.8 Å². The molecule has 0 saturated carbocycles. The van der Waals surface area contributed by atoms with Gasteiger partial charge in [-0.1, -0.05) is 17.7 Å². The number of carbonyl (C=O) groups excluding carboxylic acids is 1. The van der Waals surface area contributed by atoms with Gasteiger partial charge in [0.2, 0.25) is 5.91 Å². The van der Waals surface area contributed by atoms with Crippen LogP contribution >= 0.6 is 11.6 Å². The lowest BCUT2D eigenvalue weighted by molar-refractivity contribution is -0.115. The van der Waals surface area contributed by atoms with Gasteiger partial charge in [-0.3, -0.25) is 4.79 Å². The zero-order chi connectivity index (χ0) is 10.6. The third kappa shape index (κ3) is 2.44. The molecule has 1 aromatic carbocycles. The SMILES string of the molecule is N#CCC(=O)Nc1c(F)cccc1Cl. The van der Waals surface area contributed by atoms with Crippen molar-refractivity contribution in [2.24, 2.45) is 0 Å². The molecule has 0 atom stereocenters. The Morgan fingerprint density at radius 1 is 1.64 bits per heavy atom. The molecule has 0 aliphatic heterocycles. The van der Waals surface area contributed by atoms with Gasteiger partial charge in [0.25, 0.3) is 0 Å². The molecule has 1 rings (SSSR count). The molecule has 0 bridgehead atoms. The zero-order valence-electron chi connectivity index (χ0n) is 7.05. The molecule has 0 saturated heterocycles. The minimum Gasteiger partial charge on any atom is -0.321 e. The monoisotopic (exact) mass is 212 g/mol. The van der Waals surface area contributed by atoms with Crippen LogP contribution in [-0.2, 0) is 4.79 Å². The lowest BCUT2D eigenvalue weighted by atomic mass is 10.3. The summed E-state index contributed by atoms with van der Waals surface area (Å²) in [6, 6.07) is 5.70. The number of anilines is 1. The van der Waals surface area contributed by atoms with Crippen molar-refractivity contribution in [1.29, 1.82) is 5.26 Å². The Labute approximate surface area is 85.1 Å². The van der Waals surface area contributed by atoms with E-state index in [1.54, 1.807) is 6.07 Å². The van der Waals surface area contributed by atoms with E-state index in [1.807, 2.05) is 0 Å². The highest BCUT2D eigenvalue weighted by atomic mass is 35.5. The van der Waals surface area contributed by atoms with Gasteiger partial charge in [-0.2, -0.15) is 5.26 Å². The molecule has 0 fully saturated rings. The van der Waals surface area contributed by atoms with Gasteiger partial charge < -0.3 is 5.32 Å². The van der Waals surface area contributed by atoms with E-state index in [1.165, 1.54) is 18.2 Å². The Balaban J connectivity index is 2.87. The second kappa shape index (κ2) is 4.58. The third-order valence-corrected chi connectivity index (χ3v) is 1.78. The van der Waals surface area contributed by atoms with E-state index in [9.17, 15) is 9.18 Å². The van der Waals surface area contributed by atoms with Crippen molar-refractivity contribution in [3.05, 3.63) is 29.0 Å². The summed E-state index contributed by atoms with van der Waals surface area (Å²) in [6.07, 6.45) is -0.329. The van der Waals surface area contributed by atoms with Crippen molar-refractivity contribution in [3.63, 3.8) is 0 Å². The Morgan fingerprint density at radius 3 is 2.93 bits per heavy atom. The minimum atomic E-state index is -0.621. The molecular formula is C9H6ClFN2O. The number of hydrogen-bond acceptors (Lipinski definition) is 2. The molecule has 5 heteroatoms. The summed E-state index contributed by atoms with van der Waals surface area (Å²) >= 11 is 5.64. The van der Waals surface area contributed by atoms with Crippen molar-refractivity contribution in [1.82, 2.24) is 0 Å². The van der Waals surface area contributed by atoms with Crippen molar-refractivity contribution >= 4 is 23.2 Å². The summed E-state index contributed by atoms with van der Waals surface area (Å²) < 4.78 is 13.1. The molecule has 1 aromatic rings. The maximum Gasteiger partial charge on any atom is 0.238 e. The second-order valence-electron chi connectivity index (χ2n) is 2.48. The summed E-state index contributed by atoms with van der Waals surface area (Å²) in [5.74, 6) is -1.21. The number of hydrogen-bond donors (Lipinski definition) is 1. The van der Waals surface area contributed by atoms with Gasteiger partial charge in [0.1, 0.15) is 12.2 Å². The highest BCUT2D eigenvalue weighted by Gasteiger charge is 2.09. The fourth-order valence-corrected chi connectivity index (χ4v) is 1.08. The van der Waals surface area contributed by atoms with E-state index >= 15 is 0 Å². The average Bonchev–Trinajstić information content (AvgIpc) is 2.12. The van der Waals surface area contributed by atoms with E-state index in [-0.39, 0.29) is 17.1 Å². The standard InChI is InChI=1S/C9H6ClFN2O/c10-6-2-1-3-7(11)9(6)13-8(14)4-5-12/h1-3H,4H2,(H,13,14). The first-order chi connectivity index (χ1) is 6.65. The van der Waals surface area contributed by atoms with Crippen LogP contribution in [0.4, 0.5) is 10.1 Å². The highest BCUT2D eigenvalue weighted by Crippen LogP contribution is 2.24. The number of nitrogens with zero attached hydrogens (tertiary/aromatic N) is 1. The molecular weight excluding hydrogens is 207 g/mol. The van der Waals surface area contributed by atoms with Crippen LogP contribution in [0.15, 0.2) is 18.2 Å². The summed E-state index contributed by atoms with van der Waals surface area (Å²) in [4.78, 5) is 11.0. The number of amides is 1. The van der Waals surface area contributed by atoms with Crippen LogP contribution in [0.5, 0.6) is 0 Å². The van der Waals surface area contributed by atoms with Crippen molar-refractivity contribution in [2.75, 3.05) is 5.32 Å². The van der Waals surface area contributed by atoms with Crippen LogP contribution in [0.25, 0.3) is 0 Å². The van der Waals surface area contributed by atoms with Gasteiger partial charge in [-0.05, 0) is 12.1 Å². The van der Waals surface area contributed by atoms with Crippen LogP contribution in [0, 0.1) is 17.1 Å². The van der Waals surface area contributed by atoms with Crippen LogP contribution < -0.4 is 5.32 Å². The number of nitrogens with one attached hydrogen (secondary N) is 1. The smallest absolute Gasteiger partial charge is 0.238 e. The molecule has 3 nitrogen and oxygen atoms in total. The van der Waals surface area contributed by atoms with Crippen molar-refractivity contribution in [3.8, 4) is 6.07 Å². The molecule has 1 N–H and O–H groups in total. The van der Waals surface area contributed by atoms with Crippen LogP contribution in [0.2, 0.25) is 5.02 Å². The van der Waals surface area contributed by atoms with Gasteiger partial charge >= 0.3 is 0 Å². The summed E-state index contributed by atoms with van der Waals surface area (Å²) in [6.45, 7) is 0. The van der Waals surface area contributed by atoms with E-state index < -0.39 is 11.7 Å². The summed E-state index contributed by atoms with van der Waals surface area (Å²) in [5.41, 5.74) is -0.0885. The molecule has 0 spiro atoms. The Bertz CT molecular complexity index is 380. The number of carbonyl (C=O) groups is 1. The van der Waals surface area contributed by atoms with Crippen molar-refractivity contribution < 1.29 is 9.18 Å². The van der Waals surface area contributed by atoms with Gasteiger partial charge in [0, 0.05) is 0 Å². The fourth-order valence-electron chi connectivity index (χ4n) is 0.873. The molecule has 14 heavy (non-hydrogen) atoms. The average molecular weight is 213 g/mol. The first-order valence-electron chi connectivity index (χ1n) is 3.76. The number of rotatable bonds is 2. The van der Waals surface area contributed by atoms with E-state index in [0.29, 0.717) is 0 Å². The van der Waals surface area contributed by atoms with Crippen LogP contribution in [0.1, 0.15) is 6.42 Å². The summed E-state index contributed by atoms with van der Waals surface area (Å²) in [7, 11) is 0. The molecule has 1 amide bonds. The highest BCUT2D eigenvalue weighted by molar-refractivity contribution is 6.33. The predicted molar refractivity (Wildman–Crippen MR) is 50.3 cm³/mol. The van der Waals surface area contributed by atoms with Gasteiger partial charge in [0.15, 0.2) is 0 Å². The largest absolute Gasteiger partial charge is 0.321 e. The van der Waals surface area contributed by atoms with E-state index in [0.717, 1.165) is 0 Å². The number of nitriles is 1. The second-order valence-corrected chi connectivity index (χ2v) is 2.89. The first kappa shape index (κ1) is 10.5. The fraction of sp³-hybridized carbons (Fsp3) is 0.111. The third-order valence-electron chi connectivity index (χ3n) is 1.47. The molecule has 0 aliphatic carbocycles. The minimum absolute atomic E-state index is 0.0885. The molecule has 0 radical (unpaired) electrons. The first-order valence-corrected chi connectivity index (χ1v) is 4.13. The molecule has 72 valence electrons. The number of halogens is 2. The number of benzene rings is 1. The Hall–Kier alpha value is -1.60. The lowest BCUT2D eigenvalue weighted by Gasteiger charge is -2.05. The van der Waals surface area contributed by atoms with Crippen LogP contribution in [-0.4, -0.2) is 5.91 Å². The Morgan fingerprint density at radius 2 is 2.36 bits per heavy atom. The quantitative estimate of drug-likeness (QED) is 0.818. The Kier molecular flexibility index (Phi) is 3.43.